The van der Waals surface area contributed by atoms with E-state index in [0.717, 1.165) is 4.68 Å². The fraction of sp³-hybridized carbons (Fsp3) is 0.400. The molecule has 122 valence electrons. The lowest BCUT2D eigenvalue weighted by molar-refractivity contribution is -0.131. The maximum absolute atomic E-state index is 12.2. The Kier molecular flexibility index (Phi) is 4.16. The minimum atomic E-state index is -0.782. The number of aromatic nitrogens is 2. The summed E-state index contributed by atoms with van der Waals surface area (Å²) in [5.41, 5.74) is 0. The molecule has 0 unspecified atom stereocenters. The van der Waals surface area contributed by atoms with Gasteiger partial charge >= 0.3 is 5.76 Å². The average Bonchev–Trinajstić information content (AvgIpc) is 3.03. The molecular weight excluding hydrogens is 302 g/mol. The second-order valence-corrected chi connectivity index (χ2v) is 5.38. The van der Waals surface area contributed by atoms with Gasteiger partial charge in [-0.15, -0.1) is 5.10 Å². The normalized spacial score (nSPS) is 20.7. The molecule has 0 aliphatic carbocycles. The van der Waals surface area contributed by atoms with E-state index in [-0.39, 0.29) is 31.4 Å². The topological polar surface area (TPSA) is 97.8 Å². The van der Waals surface area contributed by atoms with Gasteiger partial charge in [-0.25, -0.2) is 4.79 Å². The molecule has 1 aromatic carbocycles. The Labute approximate surface area is 131 Å². The number of rotatable bonds is 4. The van der Waals surface area contributed by atoms with Gasteiger partial charge in [0.05, 0.1) is 13.1 Å². The molecule has 0 bridgehead atoms. The van der Waals surface area contributed by atoms with Gasteiger partial charge in [-0.3, -0.25) is 4.79 Å². The third-order valence-corrected chi connectivity index (χ3v) is 3.61. The Hall–Kier alpha value is -2.61. The summed E-state index contributed by atoms with van der Waals surface area (Å²) < 4.78 is 11.4. The van der Waals surface area contributed by atoms with Crippen LogP contribution in [0.2, 0.25) is 0 Å². The SMILES string of the molecule is Cc1nn(CC(=O)N2C[C@@H](O)[C@H](Oc3ccccc3)C2)c(=O)o1. The van der Waals surface area contributed by atoms with Crippen molar-refractivity contribution < 1.29 is 19.1 Å². The number of aryl methyl sites for hydroxylation is 1. The van der Waals surface area contributed by atoms with Crippen LogP contribution in [0.3, 0.4) is 0 Å². The first-order valence-electron chi connectivity index (χ1n) is 7.25. The standard InChI is InChI=1S/C15H17N3O5/c1-10-16-18(15(21)22-10)9-14(20)17-7-12(19)13(8-17)23-11-5-3-2-4-6-11/h2-6,12-13,19H,7-9H2,1H3/t12-,13-/m1/s1. The molecule has 3 rings (SSSR count). The Bertz CT molecular complexity index is 739. The van der Waals surface area contributed by atoms with Gasteiger partial charge in [0.1, 0.15) is 24.5 Å². The van der Waals surface area contributed by atoms with Crippen molar-refractivity contribution in [3.63, 3.8) is 0 Å². The molecule has 2 heterocycles. The summed E-state index contributed by atoms with van der Waals surface area (Å²) in [6, 6.07) is 9.10. The summed E-state index contributed by atoms with van der Waals surface area (Å²) in [5.74, 6) is -0.157. The highest BCUT2D eigenvalue weighted by molar-refractivity contribution is 5.76. The minimum absolute atomic E-state index is 0.155. The fourth-order valence-corrected chi connectivity index (χ4v) is 2.49. The third-order valence-electron chi connectivity index (χ3n) is 3.61. The minimum Gasteiger partial charge on any atom is -0.486 e. The number of nitrogens with zero attached hydrogens (tertiary/aromatic N) is 3. The van der Waals surface area contributed by atoms with E-state index in [1.807, 2.05) is 18.2 Å². The van der Waals surface area contributed by atoms with Gasteiger partial charge in [0, 0.05) is 6.92 Å². The summed E-state index contributed by atoms with van der Waals surface area (Å²) in [7, 11) is 0. The molecular formula is C15H17N3O5. The number of benzene rings is 1. The highest BCUT2D eigenvalue weighted by Gasteiger charge is 2.35. The van der Waals surface area contributed by atoms with Crippen molar-refractivity contribution in [3.05, 3.63) is 46.8 Å². The fourth-order valence-electron chi connectivity index (χ4n) is 2.49. The number of carbonyl (C=O) groups is 1. The molecule has 1 N–H and O–H groups in total. The van der Waals surface area contributed by atoms with Crippen LogP contribution in [0.15, 0.2) is 39.5 Å². The number of ether oxygens (including phenoxy) is 1. The van der Waals surface area contributed by atoms with Crippen molar-refractivity contribution in [1.82, 2.24) is 14.7 Å². The third kappa shape index (κ3) is 3.42. The zero-order valence-corrected chi connectivity index (χ0v) is 12.6. The van der Waals surface area contributed by atoms with E-state index in [9.17, 15) is 14.7 Å². The van der Waals surface area contributed by atoms with Gasteiger partial charge in [0.2, 0.25) is 11.8 Å². The van der Waals surface area contributed by atoms with E-state index < -0.39 is 18.0 Å². The first-order valence-corrected chi connectivity index (χ1v) is 7.25. The molecule has 0 radical (unpaired) electrons. The summed E-state index contributed by atoms with van der Waals surface area (Å²) in [4.78, 5) is 25.1. The number of hydrogen-bond donors (Lipinski definition) is 1. The lowest BCUT2D eigenvalue weighted by Gasteiger charge is -2.17. The Morgan fingerprint density at radius 1 is 1.39 bits per heavy atom. The number of aliphatic hydroxyl groups is 1. The van der Waals surface area contributed by atoms with E-state index in [0.29, 0.717) is 5.75 Å². The quantitative estimate of drug-likeness (QED) is 0.838. The van der Waals surface area contributed by atoms with Crippen molar-refractivity contribution in [1.29, 1.82) is 0 Å². The van der Waals surface area contributed by atoms with Crippen molar-refractivity contribution >= 4 is 5.91 Å². The molecule has 1 aliphatic rings. The molecule has 8 nitrogen and oxygen atoms in total. The van der Waals surface area contributed by atoms with Crippen molar-refractivity contribution in [2.75, 3.05) is 13.1 Å². The van der Waals surface area contributed by atoms with Gasteiger partial charge in [0.25, 0.3) is 0 Å². The van der Waals surface area contributed by atoms with Crippen LogP contribution >= 0.6 is 0 Å². The van der Waals surface area contributed by atoms with Crippen molar-refractivity contribution in [2.24, 2.45) is 0 Å². The molecule has 1 aliphatic heterocycles. The lowest BCUT2D eigenvalue weighted by atomic mass is 10.2. The highest BCUT2D eigenvalue weighted by atomic mass is 16.5. The number of amides is 1. The summed E-state index contributed by atoms with van der Waals surface area (Å²) >= 11 is 0. The van der Waals surface area contributed by atoms with Gasteiger partial charge < -0.3 is 19.2 Å². The van der Waals surface area contributed by atoms with E-state index in [2.05, 4.69) is 5.10 Å². The number of carbonyl (C=O) groups excluding carboxylic acids is 1. The summed E-state index contributed by atoms with van der Waals surface area (Å²) in [6.45, 7) is 1.72. The number of hydrogen-bond acceptors (Lipinski definition) is 6. The predicted octanol–water partition coefficient (Wildman–Crippen LogP) is -0.205. The molecule has 1 amide bonds. The van der Waals surface area contributed by atoms with E-state index in [1.165, 1.54) is 11.8 Å². The van der Waals surface area contributed by atoms with Gasteiger partial charge in [0.15, 0.2) is 0 Å². The average molecular weight is 319 g/mol. The van der Waals surface area contributed by atoms with Crippen LogP contribution < -0.4 is 10.5 Å². The molecule has 1 fully saturated rings. The van der Waals surface area contributed by atoms with Crippen LogP contribution in [0.4, 0.5) is 0 Å². The van der Waals surface area contributed by atoms with E-state index >= 15 is 0 Å². The van der Waals surface area contributed by atoms with Gasteiger partial charge in [-0.05, 0) is 12.1 Å². The number of aliphatic hydroxyl groups excluding tert-OH is 1. The van der Waals surface area contributed by atoms with Crippen molar-refractivity contribution in [3.8, 4) is 5.75 Å². The predicted molar refractivity (Wildman–Crippen MR) is 78.9 cm³/mol. The largest absolute Gasteiger partial charge is 0.486 e. The van der Waals surface area contributed by atoms with Crippen LogP contribution in [0, 0.1) is 6.92 Å². The maximum Gasteiger partial charge on any atom is 0.437 e. The number of likely N-dealkylation sites (tertiary alicyclic amines) is 1. The lowest BCUT2D eigenvalue weighted by Crippen LogP contribution is -2.35. The highest BCUT2D eigenvalue weighted by Crippen LogP contribution is 2.18. The Balaban J connectivity index is 1.62. The molecule has 2 atom stereocenters. The molecule has 8 heteroatoms. The van der Waals surface area contributed by atoms with Crippen LogP contribution in [-0.4, -0.2) is 51.0 Å². The first kappa shape index (κ1) is 15.3. The summed E-state index contributed by atoms with van der Waals surface area (Å²) in [5, 5.41) is 13.9. The van der Waals surface area contributed by atoms with Gasteiger partial charge in [-0.1, -0.05) is 18.2 Å². The van der Waals surface area contributed by atoms with Crippen molar-refractivity contribution in [2.45, 2.75) is 25.7 Å². The molecule has 23 heavy (non-hydrogen) atoms. The van der Waals surface area contributed by atoms with E-state index in [4.69, 9.17) is 9.15 Å². The summed E-state index contributed by atoms with van der Waals surface area (Å²) in [6.07, 6.45) is -1.29. The number of β-amino-alcohol motifs (C(OH)–C–C–N with tert-alkyl or cyclic N) is 1. The van der Waals surface area contributed by atoms with Crippen LogP contribution in [0.5, 0.6) is 5.75 Å². The smallest absolute Gasteiger partial charge is 0.437 e. The van der Waals surface area contributed by atoms with E-state index in [1.54, 1.807) is 12.1 Å². The second kappa shape index (κ2) is 6.25. The number of para-hydroxylation sites is 1. The molecule has 1 aromatic heterocycles. The van der Waals surface area contributed by atoms with Crippen LogP contribution in [0.1, 0.15) is 5.89 Å². The zero-order chi connectivity index (χ0) is 16.4. The van der Waals surface area contributed by atoms with Crippen LogP contribution in [0.25, 0.3) is 0 Å². The molecule has 1 saturated heterocycles. The zero-order valence-electron chi connectivity index (χ0n) is 12.6. The molecule has 2 aromatic rings. The molecule has 0 spiro atoms. The van der Waals surface area contributed by atoms with Crippen LogP contribution in [-0.2, 0) is 11.3 Å². The molecule has 0 saturated carbocycles. The Morgan fingerprint density at radius 2 is 2.13 bits per heavy atom. The monoisotopic (exact) mass is 319 g/mol. The maximum atomic E-state index is 12.2. The van der Waals surface area contributed by atoms with Gasteiger partial charge in [-0.2, -0.15) is 4.68 Å². The second-order valence-electron chi connectivity index (χ2n) is 5.38. The first-order chi connectivity index (χ1) is 11.0. The Morgan fingerprint density at radius 3 is 2.78 bits per heavy atom.